The predicted octanol–water partition coefficient (Wildman–Crippen LogP) is 4.90. The quantitative estimate of drug-likeness (QED) is 0.279. The number of benzene rings is 3. The minimum absolute atomic E-state index is 0.0897. The van der Waals surface area contributed by atoms with Crippen LogP contribution in [0.5, 0.6) is 0 Å². The Labute approximate surface area is 243 Å². The monoisotopic (exact) mass is 562 g/mol. The molecule has 3 aromatic carbocycles. The minimum Gasteiger partial charge on any atom is -0.479 e. The number of carbonyl (C=O) groups is 3. The van der Waals surface area contributed by atoms with Crippen molar-refractivity contribution in [2.45, 2.75) is 24.4 Å². The maximum absolute atomic E-state index is 13.4. The number of rotatable bonds is 8. The number of nitrogens with zero attached hydrogens (tertiary/aromatic N) is 2. The van der Waals surface area contributed by atoms with Gasteiger partial charge in [0.25, 0.3) is 5.91 Å². The Balaban J connectivity index is 1.12. The number of carboxylic acid groups (broad SMARTS) is 1. The van der Waals surface area contributed by atoms with Gasteiger partial charge in [0, 0.05) is 31.7 Å². The van der Waals surface area contributed by atoms with E-state index >= 15 is 0 Å². The number of hydrogen-bond donors (Lipinski definition) is 3. The standard InChI is InChI=1S/C33H30N4O5/c38-30(36-33(31(39)40)16-18-37(21-33)19-22-9-2-1-3-10-22)29-28(15-8-17-34-29)35-32(41)42-20-27-25-13-6-4-11-23(25)24-12-5-7-14-26(24)27/h1-15,17,27H,16,18-21H2,(H,35,41)(H,36,38)(H,39,40). The number of ether oxygens (including phenoxy) is 1. The van der Waals surface area contributed by atoms with Crippen molar-refractivity contribution < 1.29 is 24.2 Å². The number of nitrogens with one attached hydrogen (secondary N) is 2. The van der Waals surface area contributed by atoms with Crippen molar-refractivity contribution in [3.8, 4) is 11.1 Å². The zero-order valence-corrected chi connectivity index (χ0v) is 22.8. The number of pyridine rings is 1. The van der Waals surface area contributed by atoms with Crippen LogP contribution in [0, 0.1) is 0 Å². The van der Waals surface area contributed by atoms with Crippen LogP contribution in [0.1, 0.15) is 39.5 Å². The molecule has 1 aliphatic carbocycles. The van der Waals surface area contributed by atoms with Crippen LogP contribution < -0.4 is 10.6 Å². The summed E-state index contributed by atoms with van der Waals surface area (Å²) in [7, 11) is 0. The van der Waals surface area contributed by atoms with Crippen LogP contribution in [-0.4, -0.2) is 58.2 Å². The second kappa shape index (κ2) is 11.5. The number of anilines is 1. The SMILES string of the molecule is O=C(Nc1cccnc1C(=O)NC1(C(=O)O)CCN(Cc2ccccc2)C1)OCC1c2ccccc2-c2ccccc21. The topological polar surface area (TPSA) is 121 Å². The first-order valence-electron chi connectivity index (χ1n) is 13.8. The summed E-state index contributed by atoms with van der Waals surface area (Å²) < 4.78 is 5.63. The minimum atomic E-state index is -1.48. The van der Waals surface area contributed by atoms with E-state index in [0.717, 1.165) is 27.8 Å². The maximum atomic E-state index is 13.4. The molecule has 0 radical (unpaired) electrons. The zero-order valence-electron chi connectivity index (χ0n) is 22.8. The van der Waals surface area contributed by atoms with E-state index in [9.17, 15) is 19.5 Å². The largest absolute Gasteiger partial charge is 0.479 e. The number of aliphatic carboxylic acids is 1. The number of carbonyl (C=O) groups excluding carboxylic acids is 2. The number of fused-ring (bicyclic) bond motifs is 3. The Bertz CT molecular complexity index is 1600. The van der Waals surface area contributed by atoms with E-state index in [-0.39, 0.29) is 36.9 Å². The summed E-state index contributed by atoms with van der Waals surface area (Å²) in [6.07, 6.45) is 0.923. The lowest BCUT2D eigenvalue weighted by atomic mass is 9.98. The van der Waals surface area contributed by atoms with Crippen LogP contribution in [-0.2, 0) is 16.1 Å². The third kappa shape index (κ3) is 5.34. The van der Waals surface area contributed by atoms with Crippen LogP contribution >= 0.6 is 0 Å². The number of amides is 2. The second-order valence-electron chi connectivity index (χ2n) is 10.6. The zero-order chi connectivity index (χ0) is 29.1. The van der Waals surface area contributed by atoms with Crippen LogP contribution in [0.4, 0.5) is 10.5 Å². The van der Waals surface area contributed by atoms with Crippen molar-refractivity contribution in [1.29, 1.82) is 0 Å². The van der Waals surface area contributed by atoms with E-state index < -0.39 is 23.5 Å². The van der Waals surface area contributed by atoms with Crippen molar-refractivity contribution in [2.75, 3.05) is 25.0 Å². The van der Waals surface area contributed by atoms with E-state index in [1.54, 1.807) is 6.07 Å². The first-order chi connectivity index (χ1) is 20.4. The smallest absolute Gasteiger partial charge is 0.411 e. The van der Waals surface area contributed by atoms with Gasteiger partial charge < -0.3 is 15.2 Å². The highest BCUT2D eigenvalue weighted by Crippen LogP contribution is 2.44. The first-order valence-corrected chi connectivity index (χ1v) is 13.8. The van der Waals surface area contributed by atoms with Crippen molar-refractivity contribution in [3.63, 3.8) is 0 Å². The molecule has 9 nitrogen and oxygen atoms in total. The lowest BCUT2D eigenvalue weighted by Gasteiger charge is -2.26. The van der Waals surface area contributed by atoms with E-state index in [4.69, 9.17) is 4.74 Å². The molecule has 6 rings (SSSR count). The van der Waals surface area contributed by atoms with Gasteiger partial charge in [-0.3, -0.25) is 15.0 Å². The van der Waals surface area contributed by atoms with Crippen molar-refractivity contribution >= 4 is 23.7 Å². The van der Waals surface area contributed by atoms with Gasteiger partial charge in [0.15, 0.2) is 11.2 Å². The molecular formula is C33H30N4O5. The van der Waals surface area contributed by atoms with Crippen LogP contribution in [0.25, 0.3) is 11.1 Å². The van der Waals surface area contributed by atoms with Gasteiger partial charge in [0.05, 0.1) is 5.69 Å². The molecule has 0 spiro atoms. The summed E-state index contributed by atoms with van der Waals surface area (Å²) >= 11 is 0. The molecule has 1 aromatic heterocycles. The van der Waals surface area contributed by atoms with Crippen LogP contribution in [0.3, 0.4) is 0 Å². The molecule has 2 amide bonds. The lowest BCUT2D eigenvalue weighted by molar-refractivity contribution is -0.144. The molecule has 3 N–H and O–H groups in total. The molecule has 0 saturated carbocycles. The Morgan fingerprint density at radius 2 is 1.57 bits per heavy atom. The van der Waals surface area contributed by atoms with Crippen LogP contribution in [0.2, 0.25) is 0 Å². The maximum Gasteiger partial charge on any atom is 0.411 e. The van der Waals surface area contributed by atoms with Gasteiger partial charge in [-0.25, -0.2) is 14.6 Å². The van der Waals surface area contributed by atoms with Crippen LogP contribution in [0.15, 0.2) is 97.2 Å². The fourth-order valence-electron chi connectivity index (χ4n) is 5.90. The predicted molar refractivity (Wildman–Crippen MR) is 157 cm³/mol. The summed E-state index contributed by atoms with van der Waals surface area (Å²) in [5.41, 5.74) is 4.04. The number of carboxylic acids is 1. The molecule has 0 bridgehead atoms. The Kier molecular flexibility index (Phi) is 7.41. The normalized spacial score (nSPS) is 17.7. The highest BCUT2D eigenvalue weighted by molar-refractivity contribution is 6.03. The Morgan fingerprint density at radius 1 is 0.905 bits per heavy atom. The molecule has 1 unspecified atom stereocenters. The van der Waals surface area contributed by atoms with Crippen molar-refractivity contribution in [1.82, 2.24) is 15.2 Å². The Hall–Kier alpha value is -5.02. The molecule has 2 aliphatic rings. The van der Waals surface area contributed by atoms with E-state index in [1.807, 2.05) is 71.6 Å². The van der Waals surface area contributed by atoms with Gasteiger partial charge in [0.1, 0.15) is 6.61 Å². The third-order valence-electron chi connectivity index (χ3n) is 7.96. The average molecular weight is 563 g/mol. The third-order valence-corrected chi connectivity index (χ3v) is 7.96. The number of aromatic nitrogens is 1. The molecule has 42 heavy (non-hydrogen) atoms. The summed E-state index contributed by atoms with van der Waals surface area (Å²) in [6.45, 7) is 1.34. The molecule has 9 heteroatoms. The summed E-state index contributed by atoms with van der Waals surface area (Å²) in [5.74, 6) is -1.92. The fourth-order valence-corrected chi connectivity index (χ4v) is 5.90. The van der Waals surface area contributed by atoms with E-state index in [1.165, 1.54) is 12.3 Å². The van der Waals surface area contributed by atoms with E-state index in [2.05, 4.69) is 27.8 Å². The van der Waals surface area contributed by atoms with Crippen molar-refractivity contribution in [2.24, 2.45) is 0 Å². The van der Waals surface area contributed by atoms with Crippen molar-refractivity contribution in [3.05, 3.63) is 120 Å². The lowest BCUT2D eigenvalue weighted by Crippen LogP contribution is -2.56. The summed E-state index contributed by atoms with van der Waals surface area (Å²) in [5, 5.41) is 15.5. The molecule has 2 heterocycles. The molecule has 1 fully saturated rings. The highest BCUT2D eigenvalue weighted by Gasteiger charge is 2.46. The van der Waals surface area contributed by atoms with Gasteiger partial charge >= 0.3 is 12.1 Å². The van der Waals surface area contributed by atoms with Gasteiger partial charge in [-0.05, 0) is 46.4 Å². The molecule has 1 aliphatic heterocycles. The van der Waals surface area contributed by atoms with Gasteiger partial charge in [-0.1, -0.05) is 78.9 Å². The fraction of sp³-hybridized carbons (Fsp3) is 0.212. The number of hydrogen-bond acceptors (Lipinski definition) is 6. The van der Waals surface area contributed by atoms with Gasteiger partial charge in [-0.15, -0.1) is 0 Å². The summed E-state index contributed by atoms with van der Waals surface area (Å²) in [4.78, 5) is 44.8. The van der Waals surface area contributed by atoms with Gasteiger partial charge in [-0.2, -0.15) is 0 Å². The molecule has 1 saturated heterocycles. The molecule has 4 aromatic rings. The first kappa shape index (κ1) is 27.2. The molecule has 1 atom stereocenters. The number of likely N-dealkylation sites (tertiary alicyclic amines) is 1. The second-order valence-corrected chi connectivity index (χ2v) is 10.6. The molecular weight excluding hydrogens is 532 g/mol. The summed E-state index contributed by atoms with van der Waals surface area (Å²) in [6, 6.07) is 29.0. The molecule has 212 valence electrons. The Morgan fingerprint density at radius 3 is 2.26 bits per heavy atom. The van der Waals surface area contributed by atoms with Gasteiger partial charge in [0.2, 0.25) is 0 Å². The van der Waals surface area contributed by atoms with E-state index in [0.29, 0.717) is 13.1 Å². The average Bonchev–Trinajstić information content (AvgIpc) is 3.56. The highest BCUT2D eigenvalue weighted by atomic mass is 16.5.